The van der Waals surface area contributed by atoms with Gasteiger partial charge in [0.2, 0.25) is 0 Å². The molecule has 0 bridgehead atoms. The van der Waals surface area contributed by atoms with Crippen LogP contribution in [0.2, 0.25) is 0 Å². The van der Waals surface area contributed by atoms with E-state index in [9.17, 15) is 0 Å². The maximum Gasteiger partial charge on any atom is 0.138 e. The number of aryl methyl sites for hydroxylation is 1. The van der Waals surface area contributed by atoms with E-state index in [0.29, 0.717) is 5.92 Å². The molecule has 0 N–H and O–H groups in total. The summed E-state index contributed by atoms with van der Waals surface area (Å²) in [6.07, 6.45) is 12.2. The maximum absolute atomic E-state index is 5.36. The lowest BCUT2D eigenvalue weighted by Gasteiger charge is -2.16. The predicted octanol–water partition coefficient (Wildman–Crippen LogP) is 9.85. The fraction of sp³-hybridized carbons (Fsp3) is 0.103. The fourth-order valence-corrected chi connectivity index (χ4v) is 6.79. The number of aromatic nitrogens is 2. The third kappa shape index (κ3) is 4.06. The summed E-state index contributed by atoms with van der Waals surface area (Å²) < 4.78 is 2.34. The second kappa shape index (κ2) is 9.91. The average Bonchev–Trinajstić information content (AvgIpc) is 3.40. The van der Waals surface area contributed by atoms with Crippen LogP contribution < -0.4 is 0 Å². The van der Waals surface area contributed by atoms with Crippen molar-refractivity contribution in [2.75, 3.05) is 0 Å². The Balaban J connectivity index is 1.25. The highest BCUT2D eigenvalue weighted by Crippen LogP contribution is 2.46. The number of hydrogen-bond donors (Lipinski definition) is 0. The first-order valence-corrected chi connectivity index (χ1v) is 14.6. The molecule has 2 heteroatoms. The summed E-state index contributed by atoms with van der Waals surface area (Å²) >= 11 is 0. The van der Waals surface area contributed by atoms with Crippen LogP contribution in [0.4, 0.5) is 0 Å². The molecule has 0 fully saturated rings. The van der Waals surface area contributed by atoms with E-state index >= 15 is 0 Å². The Hall–Kier alpha value is -4.95. The molecule has 0 unspecified atom stereocenters. The number of nitrogens with zero attached hydrogens (tertiary/aromatic N) is 2. The van der Waals surface area contributed by atoms with Gasteiger partial charge >= 0.3 is 0 Å². The van der Waals surface area contributed by atoms with Gasteiger partial charge < -0.3 is 0 Å². The normalized spacial score (nSPS) is 15.9. The van der Waals surface area contributed by atoms with Gasteiger partial charge in [0, 0.05) is 22.4 Å². The first-order valence-electron chi connectivity index (χ1n) is 14.6. The van der Waals surface area contributed by atoms with E-state index in [1.807, 2.05) is 0 Å². The van der Waals surface area contributed by atoms with E-state index < -0.39 is 0 Å². The van der Waals surface area contributed by atoms with Crippen molar-refractivity contribution in [3.05, 3.63) is 162 Å². The lowest BCUT2D eigenvalue weighted by Crippen LogP contribution is -2.05. The van der Waals surface area contributed by atoms with Gasteiger partial charge in [-0.2, -0.15) is 0 Å². The highest BCUT2D eigenvalue weighted by Gasteiger charge is 2.29. The summed E-state index contributed by atoms with van der Waals surface area (Å²) in [4.78, 5) is 5.36. The molecule has 2 aliphatic carbocycles. The van der Waals surface area contributed by atoms with Gasteiger partial charge in [0.25, 0.3) is 0 Å². The van der Waals surface area contributed by atoms with E-state index in [-0.39, 0.29) is 0 Å². The predicted molar refractivity (Wildman–Crippen MR) is 171 cm³/mol. The molecule has 2 heterocycles. The van der Waals surface area contributed by atoms with Crippen molar-refractivity contribution in [2.45, 2.75) is 25.2 Å². The zero-order chi connectivity index (χ0) is 27.2. The summed E-state index contributed by atoms with van der Waals surface area (Å²) in [7, 11) is 0. The number of benzene rings is 4. The first-order chi connectivity index (χ1) is 20.3. The molecule has 0 aliphatic heterocycles. The van der Waals surface area contributed by atoms with Gasteiger partial charge in [-0.25, -0.2) is 4.98 Å². The van der Waals surface area contributed by atoms with Crippen molar-refractivity contribution in [1.82, 2.24) is 9.55 Å². The van der Waals surface area contributed by atoms with Crippen LogP contribution in [0.5, 0.6) is 0 Å². The molecule has 8 rings (SSSR count). The summed E-state index contributed by atoms with van der Waals surface area (Å²) in [5.41, 5.74) is 11.6. The van der Waals surface area contributed by atoms with Gasteiger partial charge in [-0.05, 0) is 76.9 Å². The van der Waals surface area contributed by atoms with Crippen molar-refractivity contribution >= 4 is 27.4 Å². The number of hydrogen-bond acceptors (Lipinski definition) is 1. The Bertz CT molecular complexity index is 1970. The Labute approximate surface area is 240 Å². The molecule has 2 nitrogen and oxygen atoms in total. The van der Waals surface area contributed by atoms with Crippen LogP contribution in [-0.2, 0) is 6.42 Å². The average molecular weight is 527 g/mol. The number of allylic oxidation sites excluding steroid dienone is 6. The summed E-state index contributed by atoms with van der Waals surface area (Å²) in [5, 5.41) is 2.51. The zero-order valence-electron chi connectivity index (χ0n) is 22.9. The minimum Gasteiger partial charge on any atom is -0.294 e. The van der Waals surface area contributed by atoms with Crippen molar-refractivity contribution in [3.63, 3.8) is 0 Å². The molecule has 4 aromatic carbocycles. The molecule has 0 saturated heterocycles. The van der Waals surface area contributed by atoms with Crippen molar-refractivity contribution < 1.29 is 0 Å². The highest BCUT2D eigenvalue weighted by molar-refractivity contribution is 6.09. The fourth-order valence-electron chi connectivity index (χ4n) is 6.79. The molecular formula is C39H30N2. The summed E-state index contributed by atoms with van der Waals surface area (Å²) in [6, 6.07) is 41.5. The van der Waals surface area contributed by atoms with Crippen LogP contribution in [0.25, 0.3) is 44.3 Å². The van der Waals surface area contributed by atoms with Crippen LogP contribution in [0.15, 0.2) is 145 Å². The minimum atomic E-state index is 0.374. The Morgan fingerprint density at radius 2 is 1.34 bits per heavy atom. The second-order valence-electron chi connectivity index (χ2n) is 11.0. The molecule has 2 aromatic heterocycles. The maximum atomic E-state index is 5.36. The van der Waals surface area contributed by atoms with Gasteiger partial charge in [-0.1, -0.05) is 115 Å². The molecule has 6 aromatic rings. The highest BCUT2D eigenvalue weighted by atomic mass is 15.1. The van der Waals surface area contributed by atoms with Gasteiger partial charge in [0.15, 0.2) is 0 Å². The van der Waals surface area contributed by atoms with E-state index in [1.54, 1.807) is 0 Å². The molecule has 41 heavy (non-hydrogen) atoms. The molecule has 0 radical (unpaired) electrons. The summed E-state index contributed by atoms with van der Waals surface area (Å²) in [6.45, 7) is 0. The minimum absolute atomic E-state index is 0.374. The van der Waals surface area contributed by atoms with E-state index in [2.05, 4.69) is 144 Å². The molecular weight excluding hydrogens is 496 g/mol. The first kappa shape index (κ1) is 23.9. The van der Waals surface area contributed by atoms with Crippen LogP contribution in [0.3, 0.4) is 0 Å². The monoisotopic (exact) mass is 526 g/mol. The van der Waals surface area contributed by atoms with Gasteiger partial charge in [0.05, 0.1) is 11.0 Å². The van der Waals surface area contributed by atoms with Crippen LogP contribution in [0.1, 0.15) is 35.6 Å². The quantitative estimate of drug-likeness (QED) is 0.219. The second-order valence-corrected chi connectivity index (χ2v) is 11.0. The van der Waals surface area contributed by atoms with Crippen LogP contribution in [0, 0.1) is 0 Å². The lowest BCUT2D eigenvalue weighted by atomic mass is 9.89. The molecule has 0 saturated carbocycles. The lowest BCUT2D eigenvalue weighted by molar-refractivity contribution is 0.712. The number of pyridine rings is 1. The molecule has 0 amide bonds. The number of fused-ring (bicyclic) bond motifs is 5. The number of para-hydroxylation sites is 2. The zero-order valence-corrected chi connectivity index (χ0v) is 22.9. The van der Waals surface area contributed by atoms with Crippen molar-refractivity contribution in [3.8, 4) is 16.9 Å². The largest absolute Gasteiger partial charge is 0.294 e. The van der Waals surface area contributed by atoms with Crippen molar-refractivity contribution in [1.29, 1.82) is 0 Å². The smallest absolute Gasteiger partial charge is 0.138 e. The summed E-state index contributed by atoms with van der Waals surface area (Å²) in [5.74, 6) is 1.35. The van der Waals surface area contributed by atoms with Crippen LogP contribution in [-0.4, -0.2) is 9.55 Å². The van der Waals surface area contributed by atoms with Gasteiger partial charge in [0.1, 0.15) is 5.82 Å². The Kier molecular flexibility index (Phi) is 5.77. The third-order valence-corrected chi connectivity index (χ3v) is 8.64. The molecule has 1 atom stereocenters. The van der Waals surface area contributed by atoms with E-state index in [4.69, 9.17) is 4.98 Å². The molecule has 0 spiro atoms. The molecule has 196 valence electrons. The van der Waals surface area contributed by atoms with Crippen molar-refractivity contribution in [2.24, 2.45) is 0 Å². The van der Waals surface area contributed by atoms with E-state index in [0.717, 1.165) is 30.8 Å². The Morgan fingerprint density at radius 1 is 0.659 bits per heavy atom. The third-order valence-electron chi connectivity index (χ3n) is 8.64. The molecule has 2 aliphatic rings. The van der Waals surface area contributed by atoms with E-state index in [1.165, 1.54) is 55.2 Å². The van der Waals surface area contributed by atoms with Crippen LogP contribution >= 0.6 is 0 Å². The van der Waals surface area contributed by atoms with Gasteiger partial charge in [-0.15, -0.1) is 0 Å². The van der Waals surface area contributed by atoms with Gasteiger partial charge in [-0.3, -0.25) is 4.57 Å². The topological polar surface area (TPSA) is 17.8 Å². The number of rotatable bonds is 5. The SMILES string of the molecule is C1=CC2=C(C=CC1)[C@@H](CCc1cc(-c3ccccc3)cc(-n3c4ccccc4c4ccccc43)n1)c1ccccc12. The standard InChI is InChI=1S/C39H30N2/c1-3-13-27(14-4-1)28-25-29(23-24-34-32-16-6-2-5-15-30(32)31-17-7-8-18-33(31)34)40-39(26-28)41-37-21-11-9-19-35(37)36-20-10-12-22-38(36)41/h1,3-22,25-26,34H,2,23-24H2/t34-/m1/s1. The Morgan fingerprint density at radius 3 is 2.15 bits per heavy atom.